The normalized spacial score (nSPS) is 17.9. The van der Waals surface area contributed by atoms with Crippen molar-refractivity contribution in [3.8, 4) is 6.07 Å². The second-order valence-electron chi connectivity index (χ2n) is 5.82. The highest BCUT2D eigenvalue weighted by atomic mass is 79.9. The number of hydrogen-bond acceptors (Lipinski definition) is 4. The maximum absolute atomic E-state index is 13.3. The van der Waals surface area contributed by atoms with Gasteiger partial charge in [-0.3, -0.25) is 15.6 Å². The highest BCUT2D eigenvalue weighted by Crippen LogP contribution is 2.37. The number of nitrogens with zero attached hydrogens (tertiary/aromatic N) is 1. The van der Waals surface area contributed by atoms with E-state index in [2.05, 4.69) is 54.1 Å². The minimum Gasteiger partial charge on any atom is -0.317 e. The molecule has 1 atom stereocenters. The molecule has 1 aromatic carbocycles. The molecule has 1 fully saturated rings. The van der Waals surface area contributed by atoms with Crippen molar-refractivity contribution >= 4 is 43.5 Å². The SMILES string of the molecule is CC1(C(C#N)C(=O)NNc2c(Br)cc(F)cc2Br)CCNCC1. The zero-order chi connectivity index (χ0) is 17.0. The second kappa shape index (κ2) is 7.60. The van der Waals surface area contributed by atoms with E-state index in [-0.39, 0.29) is 11.3 Å². The Bertz CT molecular complexity index is 618. The van der Waals surface area contributed by atoms with Gasteiger partial charge in [0.1, 0.15) is 11.7 Å². The Kier molecular flexibility index (Phi) is 6.00. The molecule has 0 radical (unpaired) electrons. The van der Waals surface area contributed by atoms with Crippen LogP contribution < -0.4 is 16.2 Å². The zero-order valence-corrected chi connectivity index (χ0v) is 15.7. The number of carbonyl (C=O) groups excluding carboxylic acids is 1. The summed E-state index contributed by atoms with van der Waals surface area (Å²) in [4.78, 5) is 12.4. The first-order valence-electron chi connectivity index (χ1n) is 7.18. The van der Waals surface area contributed by atoms with Gasteiger partial charge in [0, 0.05) is 8.95 Å². The molecule has 0 bridgehead atoms. The van der Waals surface area contributed by atoms with Gasteiger partial charge >= 0.3 is 0 Å². The fourth-order valence-electron chi connectivity index (χ4n) is 2.68. The Balaban J connectivity index is 2.08. The van der Waals surface area contributed by atoms with E-state index >= 15 is 0 Å². The van der Waals surface area contributed by atoms with Gasteiger partial charge in [-0.25, -0.2) is 4.39 Å². The lowest BCUT2D eigenvalue weighted by Crippen LogP contribution is -2.46. The van der Waals surface area contributed by atoms with Crippen LogP contribution in [0.3, 0.4) is 0 Å². The predicted octanol–water partition coefficient (Wildman–Crippen LogP) is 3.32. The number of rotatable bonds is 4. The van der Waals surface area contributed by atoms with Crippen LogP contribution >= 0.6 is 31.9 Å². The predicted molar refractivity (Wildman–Crippen MR) is 92.9 cm³/mol. The number of carbonyl (C=O) groups is 1. The first-order valence-corrected chi connectivity index (χ1v) is 8.77. The van der Waals surface area contributed by atoms with Crippen molar-refractivity contribution in [2.24, 2.45) is 11.3 Å². The van der Waals surface area contributed by atoms with Crippen molar-refractivity contribution in [3.63, 3.8) is 0 Å². The lowest BCUT2D eigenvalue weighted by atomic mass is 9.71. The summed E-state index contributed by atoms with van der Waals surface area (Å²) in [6.45, 7) is 3.56. The van der Waals surface area contributed by atoms with Crippen LogP contribution in [-0.4, -0.2) is 19.0 Å². The third-order valence-corrected chi connectivity index (χ3v) is 5.40. The van der Waals surface area contributed by atoms with E-state index in [4.69, 9.17) is 0 Å². The van der Waals surface area contributed by atoms with E-state index in [0.717, 1.165) is 25.9 Å². The Morgan fingerprint density at radius 1 is 1.39 bits per heavy atom. The maximum atomic E-state index is 13.3. The van der Waals surface area contributed by atoms with Gasteiger partial charge in [0.2, 0.25) is 0 Å². The lowest BCUT2D eigenvalue weighted by molar-refractivity contribution is -0.126. The van der Waals surface area contributed by atoms with Gasteiger partial charge in [-0.1, -0.05) is 6.92 Å². The molecule has 23 heavy (non-hydrogen) atoms. The molecule has 3 N–H and O–H groups in total. The summed E-state index contributed by atoms with van der Waals surface area (Å²) >= 11 is 6.46. The number of amides is 1. The molecule has 8 heteroatoms. The molecule has 1 saturated heterocycles. The van der Waals surface area contributed by atoms with Crippen molar-refractivity contribution in [1.29, 1.82) is 5.26 Å². The lowest BCUT2D eigenvalue weighted by Gasteiger charge is -2.36. The summed E-state index contributed by atoms with van der Waals surface area (Å²) in [6.07, 6.45) is 1.53. The number of piperidine rings is 1. The van der Waals surface area contributed by atoms with Gasteiger partial charge in [0.15, 0.2) is 0 Å². The summed E-state index contributed by atoms with van der Waals surface area (Å²) < 4.78 is 14.2. The van der Waals surface area contributed by atoms with Crippen molar-refractivity contribution < 1.29 is 9.18 Å². The molecule has 5 nitrogen and oxygen atoms in total. The largest absolute Gasteiger partial charge is 0.317 e. The second-order valence-corrected chi connectivity index (χ2v) is 7.53. The van der Waals surface area contributed by atoms with Gasteiger partial charge in [0.05, 0.1) is 11.8 Å². The molecular formula is C15H17Br2FN4O. The van der Waals surface area contributed by atoms with Crippen LogP contribution in [0.25, 0.3) is 0 Å². The zero-order valence-electron chi connectivity index (χ0n) is 12.5. The number of hydrazine groups is 1. The molecule has 1 aliphatic heterocycles. The Labute approximate surface area is 151 Å². The van der Waals surface area contributed by atoms with Crippen LogP contribution in [0.2, 0.25) is 0 Å². The molecule has 1 amide bonds. The van der Waals surface area contributed by atoms with Gasteiger partial charge in [-0.15, -0.1) is 0 Å². The van der Waals surface area contributed by atoms with Crippen LogP contribution in [0, 0.1) is 28.5 Å². The summed E-state index contributed by atoms with van der Waals surface area (Å²) in [5.41, 5.74) is 5.45. The van der Waals surface area contributed by atoms with Crippen LogP contribution in [0.4, 0.5) is 10.1 Å². The molecule has 124 valence electrons. The van der Waals surface area contributed by atoms with Crippen molar-refractivity contribution in [3.05, 3.63) is 26.9 Å². The fourth-order valence-corrected chi connectivity index (χ4v) is 4.00. The van der Waals surface area contributed by atoms with Gasteiger partial charge in [-0.05, 0) is 75.3 Å². The monoisotopic (exact) mass is 446 g/mol. The van der Waals surface area contributed by atoms with Crippen molar-refractivity contribution in [2.45, 2.75) is 19.8 Å². The molecule has 2 rings (SSSR count). The molecule has 1 aromatic rings. The maximum Gasteiger partial charge on any atom is 0.256 e. The van der Waals surface area contributed by atoms with Crippen LogP contribution in [0.1, 0.15) is 19.8 Å². The minimum atomic E-state index is -0.755. The van der Waals surface area contributed by atoms with E-state index in [1.807, 2.05) is 6.92 Å². The minimum absolute atomic E-state index is 0.358. The van der Waals surface area contributed by atoms with Gasteiger partial charge in [-0.2, -0.15) is 5.26 Å². The molecule has 1 unspecified atom stereocenters. The van der Waals surface area contributed by atoms with E-state index in [0.29, 0.717) is 14.6 Å². The summed E-state index contributed by atoms with van der Waals surface area (Å²) in [7, 11) is 0. The number of nitrogens with one attached hydrogen (secondary N) is 3. The number of benzene rings is 1. The highest BCUT2D eigenvalue weighted by molar-refractivity contribution is 9.11. The molecular weight excluding hydrogens is 431 g/mol. The first kappa shape index (κ1) is 18.2. The highest BCUT2D eigenvalue weighted by Gasteiger charge is 2.40. The standard InChI is InChI=1S/C15H17Br2FN4O/c1-15(2-4-20-5-3-15)10(8-19)14(23)22-21-13-11(16)6-9(18)7-12(13)17/h6-7,10,20-21H,2-5H2,1H3,(H,22,23). The first-order chi connectivity index (χ1) is 10.9. The number of hydrogen-bond donors (Lipinski definition) is 3. The number of anilines is 1. The van der Waals surface area contributed by atoms with E-state index in [1.165, 1.54) is 12.1 Å². The fraction of sp³-hybridized carbons (Fsp3) is 0.467. The van der Waals surface area contributed by atoms with Gasteiger partial charge in [0.25, 0.3) is 5.91 Å². The number of halogens is 3. The summed E-state index contributed by atoms with van der Waals surface area (Å²) in [5, 5.41) is 12.7. The molecule has 1 aliphatic rings. The topological polar surface area (TPSA) is 77.0 Å². The van der Waals surface area contributed by atoms with Crippen LogP contribution in [0.15, 0.2) is 21.1 Å². The average Bonchev–Trinajstić information content (AvgIpc) is 2.47. The van der Waals surface area contributed by atoms with Crippen LogP contribution in [0.5, 0.6) is 0 Å². The number of nitriles is 1. The molecule has 0 aromatic heterocycles. The van der Waals surface area contributed by atoms with Crippen LogP contribution in [-0.2, 0) is 4.79 Å². The Morgan fingerprint density at radius 3 is 2.48 bits per heavy atom. The Morgan fingerprint density at radius 2 is 1.96 bits per heavy atom. The van der Waals surface area contributed by atoms with Crippen molar-refractivity contribution in [2.75, 3.05) is 18.5 Å². The van der Waals surface area contributed by atoms with Crippen molar-refractivity contribution in [1.82, 2.24) is 10.7 Å². The Hall–Kier alpha value is -1.17. The molecule has 0 spiro atoms. The average molecular weight is 448 g/mol. The van der Waals surface area contributed by atoms with E-state index in [1.54, 1.807) is 0 Å². The molecule has 1 heterocycles. The molecule has 0 aliphatic carbocycles. The third kappa shape index (κ3) is 4.22. The smallest absolute Gasteiger partial charge is 0.256 e. The summed E-state index contributed by atoms with van der Waals surface area (Å²) in [6, 6.07) is 4.70. The summed E-state index contributed by atoms with van der Waals surface area (Å²) in [5.74, 6) is -1.55. The van der Waals surface area contributed by atoms with E-state index in [9.17, 15) is 14.4 Å². The van der Waals surface area contributed by atoms with E-state index < -0.39 is 11.7 Å². The van der Waals surface area contributed by atoms with Gasteiger partial charge < -0.3 is 5.32 Å². The third-order valence-electron chi connectivity index (χ3n) is 4.15. The quantitative estimate of drug-likeness (QED) is 0.618. The molecule has 0 saturated carbocycles.